The van der Waals surface area contributed by atoms with E-state index in [1.807, 2.05) is 18.5 Å². The molecule has 0 aromatic carbocycles. The van der Waals surface area contributed by atoms with Crippen LogP contribution in [0.1, 0.15) is 49.9 Å². The molecule has 0 atom stereocenters. The van der Waals surface area contributed by atoms with Gasteiger partial charge in [-0.1, -0.05) is 11.8 Å². The van der Waals surface area contributed by atoms with Gasteiger partial charge in [0.15, 0.2) is 0 Å². The number of pyridine rings is 2. The first kappa shape index (κ1) is 21.6. The summed E-state index contributed by atoms with van der Waals surface area (Å²) in [6.07, 6.45) is 10.5. The minimum absolute atomic E-state index is 0.0928. The van der Waals surface area contributed by atoms with Crippen LogP contribution in [0.3, 0.4) is 0 Å². The Kier molecular flexibility index (Phi) is 5.43. The Morgan fingerprint density at radius 1 is 1.21 bits per heavy atom. The molecule has 7 nitrogen and oxygen atoms in total. The van der Waals surface area contributed by atoms with E-state index in [1.165, 1.54) is 24.0 Å². The zero-order valence-electron chi connectivity index (χ0n) is 18.5. The van der Waals surface area contributed by atoms with Crippen LogP contribution in [0.5, 0.6) is 0 Å². The quantitative estimate of drug-likeness (QED) is 0.464. The summed E-state index contributed by atoms with van der Waals surface area (Å²) in [7, 11) is 0. The first-order chi connectivity index (χ1) is 15.8. The standard InChI is InChI=1S/C24H24FN7S/c1-15-20(13-30-32(15)19-5-7-24(2,27)8-6-19)16-9-21(33-22-4-3-18(25)12-28-22)23-17(10-26)11-29-31(23)14-16/h3-4,9,11-14,19H,5-8,27H2,1-2H3. The van der Waals surface area contributed by atoms with E-state index >= 15 is 0 Å². The lowest BCUT2D eigenvalue weighted by molar-refractivity contribution is 0.238. The van der Waals surface area contributed by atoms with Crippen molar-refractivity contribution in [3.8, 4) is 17.2 Å². The average molecular weight is 462 g/mol. The Morgan fingerprint density at radius 3 is 2.70 bits per heavy atom. The van der Waals surface area contributed by atoms with Gasteiger partial charge in [0.2, 0.25) is 0 Å². The van der Waals surface area contributed by atoms with Gasteiger partial charge < -0.3 is 5.73 Å². The van der Waals surface area contributed by atoms with Gasteiger partial charge in [-0.3, -0.25) is 4.68 Å². The van der Waals surface area contributed by atoms with E-state index in [0.29, 0.717) is 22.1 Å². The van der Waals surface area contributed by atoms with Crippen LogP contribution in [0.15, 0.2) is 52.9 Å². The number of nitrogens with two attached hydrogens (primary N) is 1. The number of hydrogen-bond acceptors (Lipinski definition) is 6. The van der Waals surface area contributed by atoms with E-state index in [0.717, 1.165) is 47.4 Å². The topological polar surface area (TPSA) is 97.8 Å². The Morgan fingerprint density at radius 2 is 2.00 bits per heavy atom. The fraction of sp³-hybridized carbons (Fsp3) is 0.333. The maximum atomic E-state index is 13.3. The number of halogens is 1. The monoisotopic (exact) mass is 461 g/mol. The zero-order chi connectivity index (χ0) is 23.2. The van der Waals surface area contributed by atoms with Gasteiger partial charge in [0.25, 0.3) is 0 Å². The largest absolute Gasteiger partial charge is 0.325 e. The number of fused-ring (bicyclic) bond motifs is 1. The number of nitrogens with zero attached hydrogens (tertiary/aromatic N) is 6. The molecule has 2 N–H and O–H groups in total. The predicted octanol–water partition coefficient (Wildman–Crippen LogP) is 4.90. The van der Waals surface area contributed by atoms with Crippen LogP contribution in [0, 0.1) is 24.1 Å². The molecule has 0 saturated heterocycles. The normalized spacial score (nSPS) is 20.8. The van der Waals surface area contributed by atoms with Crippen molar-refractivity contribution < 1.29 is 4.39 Å². The molecule has 0 unspecified atom stereocenters. The molecule has 0 spiro atoms. The SMILES string of the molecule is Cc1c(-c2cc(Sc3ccc(F)cn3)c3c(C#N)cnn3c2)cnn1C1CCC(C)(N)CC1. The molecule has 5 rings (SSSR count). The number of hydrogen-bond donors (Lipinski definition) is 1. The number of rotatable bonds is 4. The first-order valence-electron chi connectivity index (χ1n) is 10.9. The van der Waals surface area contributed by atoms with Crippen molar-refractivity contribution in [2.45, 2.75) is 61.0 Å². The third kappa shape index (κ3) is 4.12. The summed E-state index contributed by atoms with van der Waals surface area (Å²) in [5, 5.41) is 19.3. The van der Waals surface area contributed by atoms with E-state index in [4.69, 9.17) is 10.8 Å². The highest BCUT2D eigenvalue weighted by atomic mass is 32.2. The van der Waals surface area contributed by atoms with Crippen molar-refractivity contribution in [2.24, 2.45) is 5.73 Å². The lowest BCUT2D eigenvalue weighted by Crippen LogP contribution is -2.40. The number of nitriles is 1. The summed E-state index contributed by atoms with van der Waals surface area (Å²) < 4.78 is 17.2. The van der Waals surface area contributed by atoms with E-state index in [1.54, 1.807) is 16.8 Å². The minimum Gasteiger partial charge on any atom is -0.325 e. The van der Waals surface area contributed by atoms with Crippen LogP contribution in [0.25, 0.3) is 16.6 Å². The lowest BCUT2D eigenvalue weighted by atomic mass is 9.81. The fourth-order valence-electron chi connectivity index (χ4n) is 4.51. The summed E-state index contributed by atoms with van der Waals surface area (Å²) >= 11 is 1.38. The summed E-state index contributed by atoms with van der Waals surface area (Å²) in [5.74, 6) is -0.388. The Bertz CT molecular complexity index is 1350. The van der Waals surface area contributed by atoms with E-state index in [9.17, 15) is 9.65 Å². The van der Waals surface area contributed by atoms with Crippen LogP contribution < -0.4 is 5.73 Å². The molecular weight excluding hydrogens is 437 g/mol. The third-order valence-corrected chi connectivity index (χ3v) is 7.39. The van der Waals surface area contributed by atoms with Crippen molar-refractivity contribution in [3.63, 3.8) is 0 Å². The van der Waals surface area contributed by atoms with Gasteiger partial charge in [-0.2, -0.15) is 15.5 Å². The molecule has 4 heterocycles. The number of aromatic nitrogens is 5. The second kappa shape index (κ2) is 8.28. The third-order valence-electron chi connectivity index (χ3n) is 6.41. The van der Waals surface area contributed by atoms with Crippen LogP contribution in [-0.4, -0.2) is 29.9 Å². The van der Waals surface area contributed by atoms with Gasteiger partial charge >= 0.3 is 0 Å². The van der Waals surface area contributed by atoms with Gasteiger partial charge in [-0.25, -0.2) is 13.9 Å². The second-order valence-electron chi connectivity index (χ2n) is 8.95. The van der Waals surface area contributed by atoms with Gasteiger partial charge in [-0.15, -0.1) is 0 Å². The fourth-order valence-corrected chi connectivity index (χ4v) is 5.46. The zero-order valence-corrected chi connectivity index (χ0v) is 19.3. The average Bonchev–Trinajstić information content (AvgIpc) is 3.39. The van der Waals surface area contributed by atoms with Crippen LogP contribution in [-0.2, 0) is 0 Å². The van der Waals surface area contributed by atoms with Crippen molar-refractivity contribution in [1.82, 2.24) is 24.4 Å². The van der Waals surface area contributed by atoms with Gasteiger partial charge in [0.1, 0.15) is 16.9 Å². The van der Waals surface area contributed by atoms with Crippen molar-refractivity contribution in [2.75, 3.05) is 0 Å². The second-order valence-corrected chi connectivity index (χ2v) is 10.0. The molecule has 1 aliphatic carbocycles. The smallest absolute Gasteiger partial charge is 0.141 e. The van der Waals surface area contributed by atoms with E-state index < -0.39 is 0 Å². The molecule has 1 saturated carbocycles. The molecule has 0 amide bonds. The molecule has 168 valence electrons. The minimum atomic E-state index is -0.388. The van der Waals surface area contributed by atoms with Crippen molar-refractivity contribution >= 4 is 17.3 Å². The van der Waals surface area contributed by atoms with Gasteiger partial charge in [0.05, 0.1) is 35.7 Å². The first-order valence-corrected chi connectivity index (χ1v) is 11.7. The molecule has 33 heavy (non-hydrogen) atoms. The lowest BCUT2D eigenvalue weighted by Gasteiger charge is -2.34. The summed E-state index contributed by atoms with van der Waals surface area (Å²) in [4.78, 5) is 4.99. The molecule has 0 aliphatic heterocycles. The highest BCUT2D eigenvalue weighted by molar-refractivity contribution is 7.99. The van der Waals surface area contributed by atoms with E-state index in [-0.39, 0.29) is 11.4 Å². The van der Waals surface area contributed by atoms with Crippen molar-refractivity contribution in [3.05, 3.63) is 60.1 Å². The van der Waals surface area contributed by atoms with Crippen LogP contribution >= 0.6 is 11.8 Å². The molecule has 0 bridgehead atoms. The molecule has 4 aromatic rings. The predicted molar refractivity (Wildman–Crippen MR) is 124 cm³/mol. The summed E-state index contributed by atoms with van der Waals surface area (Å²) in [6.45, 7) is 4.20. The molecular formula is C24H24FN7S. The molecule has 1 fully saturated rings. The summed E-state index contributed by atoms with van der Waals surface area (Å²) in [6, 6.07) is 7.58. The van der Waals surface area contributed by atoms with Crippen LogP contribution in [0.4, 0.5) is 4.39 Å². The Hall–Kier alpha value is -3.22. The Balaban J connectivity index is 1.55. The molecule has 4 aromatic heterocycles. The van der Waals surface area contributed by atoms with Crippen molar-refractivity contribution in [1.29, 1.82) is 5.26 Å². The van der Waals surface area contributed by atoms with Crippen LogP contribution in [0.2, 0.25) is 0 Å². The molecule has 0 radical (unpaired) electrons. The Labute approximate surface area is 195 Å². The van der Waals surface area contributed by atoms with Gasteiger partial charge in [-0.05, 0) is 57.7 Å². The molecule has 9 heteroatoms. The summed E-state index contributed by atoms with van der Waals surface area (Å²) in [5.41, 5.74) is 10.5. The van der Waals surface area contributed by atoms with Gasteiger partial charge in [0, 0.05) is 33.5 Å². The van der Waals surface area contributed by atoms with E-state index in [2.05, 4.69) is 34.7 Å². The molecule has 1 aliphatic rings. The highest BCUT2D eigenvalue weighted by Crippen LogP contribution is 2.38. The highest BCUT2D eigenvalue weighted by Gasteiger charge is 2.29. The maximum Gasteiger partial charge on any atom is 0.141 e. The maximum absolute atomic E-state index is 13.3.